The van der Waals surface area contributed by atoms with Crippen LogP contribution in [-0.4, -0.2) is 42.9 Å². The molecule has 3 atom stereocenters. The Balaban J connectivity index is 1.28. The fraction of sp³-hybridized carbons (Fsp3) is 0.611. The summed E-state index contributed by atoms with van der Waals surface area (Å²) >= 11 is 0. The molecular formula is C18H22F2N2O. The van der Waals surface area contributed by atoms with Gasteiger partial charge in [0.2, 0.25) is 5.91 Å². The van der Waals surface area contributed by atoms with Crippen LogP contribution in [0.15, 0.2) is 24.3 Å². The molecule has 1 saturated heterocycles. The molecule has 124 valence electrons. The van der Waals surface area contributed by atoms with Gasteiger partial charge in [-0.2, -0.15) is 0 Å². The number of carbonyl (C=O) groups is 1. The topological polar surface area (TPSA) is 32.3 Å². The van der Waals surface area contributed by atoms with Gasteiger partial charge in [0.15, 0.2) is 0 Å². The zero-order chi connectivity index (χ0) is 16.0. The predicted molar refractivity (Wildman–Crippen MR) is 83.5 cm³/mol. The molecule has 1 aliphatic heterocycles. The monoisotopic (exact) mass is 320 g/mol. The van der Waals surface area contributed by atoms with E-state index in [0.717, 1.165) is 6.42 Å². The van der Waals surface area contributed by atoms with Crippen molar-refractivity contribution in [3.05, 3.63) is 35.4 Å². The first-order chi connectivity index (χ1) is 11.1. The van der Waals surface area contributed by atoms with Crippen LogP contribution in [-0.2, 0) is 11.2 Å². The quantitative estimate of drug-likeness (QED) is 0.924. The molecule has 1 N–H and O–H groups in total. The third-order valence-electron chi connectivity index (χ3n) is 5.70. The fourth-order valence-corrected chi connectivity index (χ4v) is 4.40. The van der Waals surface area contributed by atoms with Crippen molar-refractivity contribution < 1.29 is 13.6 Å². The number of hydrogen-bond acceptors (Lipinski definition) is 2. The average molecular weight is 320 g/mol. The van der Waals surface area contributed by atoms with Crippen LogP contribution in [0.5, 0.6) is 0 Å². The molecule has 23 heavy (non-hydrogen) atoms. The molecule has 1 saturated carbocycles. The van der Waals surface area contributed by atoms with Crippen LogP contribution >= 0.6 is 0 Å². The van der Waals surface area contributed by atoms with Crippen molar-refractivity contribution >= 4 is 5.91 Å². The van der Waals surface area contributed by atoms with Crippen LogP contribution < -0.4 is 5.32 Å². The zero-order valence-corrected chi connectivity index (χ0v) is 13.1. The highest BCUT2D eigenvalue weighted by Gasteiger charge is 2.56. The van der Waals surface area contributed by atoms with E-state index in [1.54, 1.807) is 4.90 Å². The van der Waals surface area contributed by atoms with Gasteiger partial charge in [0.25, 0.3) is 6.43 Å². The van der Waals surface area contributed by atoms with Crippen LogP contribution in [0.2, 0.25) is 0 Å². The Morgan fingerprint density at radius 3 is 2.74 bits per heavy atom. The summed E-state index contributed by atoms with van der Waals surface area (Å²) in [5.74, 6) is 1.17. The first kappa shape index (κ1) is 15.1. The number of fused-ring (bicyclic) bond motifs is 3. The van der Waals surface area contributed by atoms with Crippen LogP contribution in [0.1, 0.15) is 29.9 Å². The number of carbonyl (C=O) groups excluding carboxylic acids is 1. The van der Waals surface area contributed by atoms with Gasteiger partial charge in [-0.25, -0.2) is 8.78 Å². The van der Waals surface area contributed by atoms with Crippen LogP contribution in [0.25, 0.3) is 0 Å². The largest absolute Gasteiger partial charge is 0.352 e. The van der Waals surface area contributed by atoms with Crippen molar-refractivity contribution in [2.75, 3.05) is 19.6 Å². The lowest BCUT2D eigenvalue weighted by Gasteiger charge is -2.31. The van der Waals surface area contributed by atoms with E-state index < -0.39 is 6.43 Å². The van der Waals surface area contributed by atoms with Crippen molar-refractivity contribution in [2.24, 2.45) is 11.8 Å². The highest BCUT2D eigenvalue weighted by molar-refractivity contribution is 5.80. The fourth-order valence-electron chi connectivity index (χ4n) is 4.40. The van der Waals surface area contributed by atoms with E-state index in [-0.39, 0.29) is 24.4 Å². The first-order valence-electron chi connectivity index (χ1n) is 8.52. The minimum atomic E-state index is -2.29. The highest BCUT2D eigenvalue weighted by atomic mass is 19.3. The summed E-state index contributed by atoms with van der Waals surface area (Å²) in [5, 5.41) is 3.22. The van der Waals surface area contributed by atoms with Gasteiger partial charge in [0, 0.05) is 17.9 Å². The van der Waals surface area contributed by atoms with Crippen LogP contribution in [0.4, 0.5) is 8.78 Å². The van der Waals surface area contributed by atoms with E-state index >= 15 is 0 Å². The second-order valence-corrected chi connectivity index (χ2v) is 7.09. The molecule has 4 rings (SSSR count). The van der Waals surface area contributed by atoms with Crippen LogP contribution in [0.3, 0.4) is 0 Å². The maximum Gasteiger partial charge on any atom is 0.251 e. The smallest absolute Gasteiger partial charge is 0.251 e. The molecule has 3 nitrogen and oxygen atoms in total. The number of benzene rings is 1. The number of rotatable bonds is 4. The average Bonchev–Trinajstić information content (AvgIpc) is 3.04. The summed E-state index contributed by atoms with van der Waals surface area (Å²) in [6.45, 7) is 1.03. The summed E-state index contributed by atoms with van der Waals surface area (Å²) in [6.07, 6.45) is 0.166. The number of piperidine rings is 1. The number of likely N-dealkylation sites (tertiary alicyclic amines) is 1. The third kappa shape index (κ3) is 2.87. The Kier molecular flexibility index (Phi) is 3.84. The normalized spacial score (nSPS) is 30.1. The van der Waals surface area contributed by atoms with Crippen molar-refractivity contribution in [1.29, 1.82) is 0 Å². The number of alkyl halides is 2. The molecule has 1 amide bonds. The lowest BCUT2D eigenvalue weighted by atomic mass is 9.95. The molecule has 2 fully saturated rings. The Morgan fingerprint density at radius 1 is 1.26 bits per heavy atom. The molecule has 0 unspecified atom stereocenters. The van der Waals surface area contributed by atoms with Gasteiger partial charge in [-0.15, -0.1) is 0 Å². The van der Waals surface area contributed by atoms with E-state index in [4.69, 9.17) is 0 Å². The van der Waals surface area contributed by atoms with Crippen molar-refractivity contribution in [1.82, 2.24) is 10.2 Å². The molecule has 2 aliphatic carbocycles. The maximum atomic E-state index is 12.4. The van der Waals surface area contributed by atoms with E-state index in [2.05, 4.69) is 29.6 Å². The molecule has 1 aromatic carbocycles. The van der Waals surface area contributed by atoms with Gasteiger partial charge in [-0.1, -0.05) is 24.3 Å². The number of halogens is 2. The van der Waals surface area contributed by atoms with E-state index in [1.165, 1.54) is 11.1 Å². The van der Waals surface area contributed by atoms with E-state index in [9.17, 15) is 13.6 Å². The second kappa shape index (κ2) is 5.86. The number of hydrogen-bond donors (Lipinski definition) is 1. The molecule has 0 radical (unpaired) electrons. The summed E-state index contributed by atoms with van der Waals surface area (Å²) in [7, 11) is 0. The lowest BCUT2D eigenvalue weighted by Crippen LogP contribution is -2.43. The lowest BCUT2D eigenvalue weighted by molar-refractivity contribution is -0.126. The van der Waals surface area contributed by atoms with Gasteiger partial charge >= 0.3 is 0 Å². The number of nitrogens with zero attached hydrogens (tertiary/aromatic N) is 1. The SMILES string of the molecule is O=C(N[C@@H]1[C@H]2Cc3ccccc3[C@@H]21)C1CCN(CC(F)F)CC1. The standard InChI is InChI=1S/C18H22F2N2O/c19-15(20)10-22-7-5-11(6-8-22)18(23)21-17-14-9-12-3-1-2-4-13(12)16(14)17/h1-4,11,14-17H,5-10H2,(H,21,23)/t14-,16-,17+/m0/s1. The van der Waals surface area contributed by atoms with Gasteiger partial charge in [0.05, 0.1) is 6.54 Å². The first-order valence-corrected chi connectivity index (χ1v) is 8.52. The molecule has 0 bridgehead atoms. The predicted octanol–water partition coefficient (Wildman–Crippen LogP) is 2.42. The Bertz CT molecular complexity index is 598. The summed E-state index contributed by atoms with van der Waals surface area (Å²) < 4.78 is 24.8. The maximum absolute atomic E-state index is 12.4. The Hall–Kier alpha value is -1.49. The molecule has 0 spiro atoms. The van der Waals surface area contributed by atoms with Gasteiger partial charge in [0.1, 0.15) is 0 Å². The van der Waals surface area contributed by atoms with Crippen molar-refractivity contribution in [3.63, 3.8) is 0 Å². The Labute approximate surface area is 135 Å². The zero-order valence-electron chi connectivity index (χ0n) is 13.1. The third-order valence-corrected chi connectivity index (χ3v) is 5.70. The van der Waals surface area contributed by atoms with E-state index in [1.807, 2.05) is 0 Å². The van der Waals surface area contributed by atoms with Crippen molar-refractivity contribution in [2.45, 2.75) is 37.6 Å². The summed E-state index contributed by atoms with van der Waals surface area (Å²) in [6, 6.07) is 8.78. The molecule has 5 heteroatoms. The van der Waals surface area contributed by atoms with Gasteiger partial charge in [-0.05, 0) is 49.4 Å². The molecular weight excluding hydrogens is 298 g/mol. The molecule has 1 heterocycles. The van der Waals surface area contributed by atoms with E-state index in [0.29, 0.717) is 37.8 Å². The van der Waals surface area contributed by atoms with Crippen molar-refractivity contribution in [3.8, 4) is 0 Å². The highest BCUT2D eigenvalue weighted by Crippen LogP contribution is 2.56. The summed E-state index contributed by atoms with van der Waals surface area (Å²) in [4.78, 5) is 14.2. The van der Waals surface area contributed by atoms with Gasteiger partial charge < -0.3 is 5.32 Å². The Morgan fingerprint density at radius 2 is 2.00 bits per heavy atom. The van der Waals surface area contributed by atoms with Crippen LogP contribution in [0, 0.1) is 11.8 Å². The number of amides is 1. The minimum absolute atomic E-state index is 0.0134. The molecule has 1 aromatic rings. The second-order valence-electron chi connectivity index (χ2n) is 7.09. The molecule has 3 aliphatic rings. The summed E-state index contributed by atoms with van der Waals surface area (Å²) in [5.41, 5.74) is 2.82. The van der Waals surface area contributed by atoms with Gasteiger partial charge in [-0.3, -0.25) is 9.69 Å². The number of nitrogens with one attached hydrogen (secondary N) is 1. The molecule has 0 aromatic heterocycles. The minimum Gasteiger partial charge on any atom is -0.352 e.